The first-order chi connectivity index (χ1) is 8.76. The molecule has 0 bridgehead atoms. The lowest BCUT2D eigenvalue weighted by Crippen LogP contribution is -2.37. The van der Waals surface area contributed by atoms with E-state index in [1.165, 1.54) is 5.56 Å². The van der Waals surface area contributed by atoms with Crippen LogP contribution in [-0.4, -0.2) is 25.6 Å². The van der Waals surface area contributed by atoms with E-state index < -0.39 is 0 Å². The summed E-state index contributed by atoms with van der Waals surface area (Å²) >= 11 is 0. The third-order valence-corrected chi connectivity index (χ3v) is 3.86. The van der Waals surface area contributed by atoms with Crippen LogP contribution in [0, 0.1) is 0 Å². The van der Waals surface area contributed by atoms with Crippen molar-refractivity contribution in [3.05, 3.63) is 29.3 Å². The molecule has 1 saturated carbocycles. The van der Waals surface area contributed by atoms with Crippen LogP contribution in [0.1, 0.15) is 24.0 Å². The fourth-order valence-electron chi connectivity index (χ4n) is 2.61. The second-order valence-corrected chi connectivity index (χ2v) is 5.05. The normalized spacial score (nSPS) is 18.9. The minimum atomic E-state index is -0.299. The van der Waals surface area contributed by atoms with Gasteiger partial charge in [0, 0.05) is 19.5 Å². The summed E-state index contributed by atoms with van der Waals surface area (Å²) in [5.74, 6) is 1.09. The van der Waals surface area contributed by atoms with Gasteiger partial charge in [-0.2, -0.15) is 0 Å². The maximum absolute atomic E-state index is 12.2. The molecule has 1 aromatic carbocycles. The molecule has 3 N–H and O–H groups in total. The number of carbonyl (C=O) groups is 1. The lowest BCUT2D eigenvalue weighted by molar-refractivity contribution is -0.123. The van der Waals surface area contributed by atoms with Gasteiger partial charge in [0.1, 0.15) is 5.75 Å². The summed E-state index contributed by atoms with van der Waals surface area (Å²) in [6, 6.07) is 6.16. The van der Waals surface area contributed by atoms with E-state index in [1.54, 1.807) is 0 Å². The molecule has 1 amide bonds. The maximum atomic E-state index is 12.2. The van der Waals surface area contributed by atoms with Gasteiger partial charge in [0.2, 0.25) is 5.91 Å². The van der Waals surface area contributed by atoms with Crippen molar-refractivity contribution >= 4 is 5.91 Å². The van der Waals surface area contributed by atoms with Gasteiger partial charge in [-0.3, -0.25) is 4.79 Å². The predicted molar refractivity (Wildman–Crippen MR) is 68.6 cm³/mol. The van der Waals surface area contributed by atoms with Crippen LogP contribution in [0.15, 0.2) is 18.2 Å². The summed E-state index contributed by atoms with van der Waals surface area (Å²) in [7, 11) is 0. The molecule has 0 spiro atoms. The molecule has 4 nitrogen and oxygen atoms in total. The number of hydrogen-bond donors (Lipinski definition) is 2. The molecule has 2 aliphatic rings. The van der Waals surface area contributed by atoms with Gasteiger partial charge < -0.3 is 15.8 Å². The molecule has 0 atom stereocenters. The van der Waals surface area contributed by atoms with Crippen molar-refractivity contribution in [3.8, 4) is 5.75 Å². The Hall–Kier alpha value is -1.55. The molecule has 0 radical (unpaired) electrons. The molecule has 1 aliphatic carbocycles. The van der Waals surface area contributed by atoms with E-state index in [0.717, 1.165) is 37.2 Å². The van der Waals surface area contributed by atoms with Crippen LogP contribution >= 0.6 is 0 Å². The van der Waals surface area contributed by atoms with Gasteiger partial charge in [0.05, 0.1) is 12.0 Å². The molecule has 18 heavy (non-hydrogen) atoms. The molecule has 0 saturated heterocycles. The second-order valence-electron chi connectivity index (χ2n) is 5.05. The van der Waals surface area contributed by atoms with Gasteiger partial charge in [0.25, 0.3) is 0 Å². The number of hydrogen-bond acceptors (Lipinski definition) is 3. The molecule has 1 aromatic rings. The summed E-state index contributed by atoms with van der Waals surface area (Å²) in [6.45, 7) is 1.79. The van der Waals surface area contributed by atoms with E-state index in [-0.39, 0.29) is 11.3 Å². The zero-order valence-corrected chi connectivity index (χ0v) is 10.4. The van der Waals surface area contributed by atoms with E-state index in [4.69, 9.17) is 10.5 Å². The molecule has 1 fully saturated rings. The summed E-state index contributed by atoms with van der Waals surface area (Å²) in [6.07, 6.45) is 2.82. The Kier molecular flexibility index (Phi) is 2.74. The standard InChI is InChI=1S/C14H18N2O2/c15-6-7-16-13(17)14(4-5-14)11-1-2-12-10(9-11)3-8-18-12/h1-2,9H,3-8,15H2,(H,16,17). The van der Waals surface area contributed by atoms with Gasteiger partial charge in [0.15, 0.2) is 0 Å². The Morgan fingerprint density at radius 1 is 1.44 bits per heavy atom. The van der Waals surface area contributed by atoms with E-state index in [0.29, 0.717) is 13.1 Å². The van der Waals surface area contributed by atoms with Gasteiger partial charge >= 0.3 is 0 Å². The molecule has 1 aliphatic heterocycles. The smallest absolute Gasteiger partial charge is 0.230 e. The average molecular weight is 246 g/mol. The van der Waals surface area contributed by atoms with Crippen LogP contribution in [0.3, 0.4) is 0 Å². The highest BCUT2D eigenvalue weighted by molar-refractivity contribution is 5.91. The van der Waals surface area contributed by atoms with Crippen molar-refractivity contribution in [3.63, 3.8) is 0 Å². The predicted octanol–water partition coefficient (Wildman–Crippen LogP) is 0.728. The quantitative estimate of drug-likeness (QED) is 0.823. The highest BCUT2D eigenvalue weighted by Crippen LogP contribution is 2.49. The molecule has 96 valence electrons. The van der Waals surface area contributed by atoms with Crippen LogP contribution in [0.2, 0.25) is 0 Å². The molecule has 0 unspecified atom stereocenters. The highest BCUT2D eigenvalue weighted by atomic mass is 16.5. The van der Waals surface area contributed by atoms with E-state index in [2.05, 4.69) is 11.4 Å². The minimum absolute atomic E-state index is 0.117. The molecular formula is C14H18N2O2. The first kappa shape index (κ1) is 11.5. The van der Waals surface area contributed by atoms with Crippen molar-refractivity contribution in [2.45, 2.75) is 24.7 Å². The summed E-state index contributed by atoms with van der Waals surface area (Å²) in [5, 5.41) is 2.91. The lowest BCUT2D eigenvalue weighted by Gasteiger charge is -2.16. The van der Waals surface area contributed by atoms with Crippen LogP contribution in [0.5, 0.6) is 5.75 Å². The van der Waals surface area contributed by atoms with Crippen molar-refractivity contribution in [1.82, 2.24) is 5.32 Å². The number of nitrogens with one attached hydrogen (secondary N) is 1. The Balaban J connectivity index is 1.83. The topological polar surface area (TPSA) is 64.3 Å². The Labute approximate surface area is 107 Å². The Morgan fingerprint density at radius 3 is 3.00 bits per heavy atom. The molecule has 1 heterocycles. The molecular weight excluding hydrogens is 228 g/mol. The molecule has 4 heteroatoms. The van der Waals surface area contributed by atoms with Crippen LogP contribution < -0.4 is 15.8 Å². The fourth-order valence-corrected chi connectivity index (χ4v) is 2.61. The third kappa shape index (κ3) is 1.77. The number of fused-ring (bicyclic) bond motifs is 1. The number of rotatable bonds is 4. The maximum Gasteiger partial charge on any atom is 0.230 e. The SMILES string of the molecule is NCCNC(=O)C1(c2ccc3c(c2)CCO3)CC1. The van der Waals surface area contributed by atoms with Crippen molar-refractivity contribution in [2.24, 2.45) is 5.73 Å². The number of amides is 1. The van der Waals surface area contributed by atoms with Crippen LogP contribution in [-0.2, 0) is 16.6 Å². The number of ether oxygens (including phenoxy) is 1. The van der Waals surface area contributed by atoms with Crippen molar-refractivity contribution < 1.29 is 9.53 Å². The van der Waals surface area contributed by atoms with Gasteiger partial charge in [-0.25, -0.2) is 0 Å². The van der Waals surface area contributed by atoms with E-state index >= 15 is 0 Å². The monoisotopic (exact) mass is 246 g/mol. The first-order valence-corrected chi connectivity index (χ1v) is 6.51. The number of carbonyl (C=O) groups excluding carboxylic acids is 1. The van der Waals surface area contributed by atoms with Gasteiger partial charge in [-0.15, -0.1) is 0 Å². The fraction of sp³-hybridized carbons (Fsp3) is 0.500. The summed E-state index contributed by atoms with van der Waals surface area (Å²) < 4.78 is 5.49. The van der Waals surface area contributed by atoms with Crippen molar-refractivity contribution in [2.75, 3.05) is 19.7 Å². The number of nitrogens with two attached hydrogens (primary N) is 1. The van der Waals surface area contributed by atoms with E-state index in [1.807, 2.05) is 12.1 Å². The van der Waals surface area contributed by atoms with Gasteiger partial charge in [-0.1, -0.05) is 12.1 Å². The van der Waals surface area contributed by atoms with Crippen LogP contribution in [0.4, 0.5) is 0 Å². The number of benzene rings is 1. The van der Waals surface area contributed by atoms with Gasteiger partial charge in [-0.05, 0) is 30.0 Å². The van der Waals surface area contributed by atoms with Crippen LogP contribution in [0.25, 0.3) is 0 Å². The lowest BCUT2D eigenvalue weighted by atomic mass is 9.93. The largest absolute Gasteiger partial charge is 0.493 e. The molecule has 0 aromatic heterocycles. The Bertz CT molecular complexity index is 481. The minimum Gasteiger partial charge on any atom is -0.493 e. The second kappa shape index (κ2) is 4.28. The van der Waals surface area contributed by atoms with Crippen molar-refractivity contribution in [1.29, 1.82) is 0 Å². The summed E-state index contributed by atoms with van der Waals surface area (Å²) in [4.78, 5) is 12.2. The zero-order chi connectivity index (χ0) is 12.6. The van der Waals surface area contributed by atoms with E-state index in [9.17, 15) is 4.79 Å². The summed E-state index contributed by atoms with van der Waals surface area (Å²) in [5.41, 5.74) is 7.48. The first-order valence-electron chi connectivity index (χ1n) is 6.51. The highest BCUT2D eigenvalue weighted by Gasteiger charge is 2.51. The molecule has 3 rings (SSSR count). The average Bonchev–Trinajstić information content (AvgIpc) is 3.07. The zero-order valence-electron chi connectivity index (χ0n) is 10.4. The Morgan fingerprint density at radius 2 is 2.28 bits per heavy atom. The third-order valence-electron chi connectivity index (χ3n) is 3.86.